The highest BCUT2D eigenvalue weighted by Gasteiger charge is 2.11. The Morgan fingerprint density at radius 2 is 1.96 bits per heavy atom. The van der Waals surface area contributed by atoms with Gasteiger partial charge in [0.2, 0.25) is 0 Å². The Morgan fingerprint density at radius 3 is 2.71 bits per heavy atom. The standard InChI is InChI=1S/C20H18N2O5S/c1-25-13-7-8-16(26-2)15(11-13)21-18(23)12-27-20(24)10-9-19-22-14-5-3-4-6-17(14)28-19/h3-11H,12H2,1-2H3,(H,21,23)/b10-9+. The van der Waals surface area contributed by atoms with Crippen molar-refractivity contribution in [2.45, 2.75) is 0 Å². The van der Waals surface area contributed by atoms with Crippen molar-refractivity contribution in [3.8, 4) is 11.5 Å². The van der Waals surface area contributed by atoms with Gasteiger partial charge in [-0.25, -0.2) is 9.78 Å². The molecule has 0 saturated carbocycles. The van der Waals surface area contributed by atoms with Crippen molar-refractivity contribution in [3.05, 3.63) is 53.5 Å². The molecule has 0 aliphatic heterocycles. The number of hydrogen-bond acceptors (Lipinski definition) is 7. The molecular formula is C20H18N2O5S. The molecule has 3 rings (SSSR count). The molecule has 1 heterocycles. The minimum absolute atomic E-state index is 0.424. The van der Waals surface area contributed by atoms with Gasteiger partial charge in [0.15, 0.2) is 6.61 Å². The van der Waals surface area contributed by atoms with Crippen LogP contribution in [0.2, 0.25) is 0 Å². The first kappa shape index (κ1) is 19.4. The molecule has 0 fully saturated rings. The smallest absolute Gasteiger partial charge is 0.331 e. The van der Waals surface area contributed by atoms with Crippen LogP contribution in [0.25, 0.3) is 16.3 Å². The second kappa shape index (κ2) is 9.01. The Labute approximate surface area is 165 Å². The number of benzene rings is 2. The van der Waals surface area contributed by atoms with E-state index in [2.05, 4.69) is 10.3 Å². The summed E-state index contributed by atoms with van der Waals surface area (Å²) in [6.07, 6.45) is 2.81. The van der Waals surface area contributed by atoms with Crippen molar-refractivity contribution < 1.29 is 23.8 Å². The first-order chi connectivity index (χ1) is 13.6. The predicted octanol–water partition coefficient (Wildman–Crippen LogP) is 3.51. The number of anilines is 1. The monoisotopic (exact) mass is 398 g/mol. The normalized spacial score (nSPS) is 10.8. The summed E-state index contributed by atoms with van der Waals surface area (Å²) >= 11 is 1.46. The van der Waals surface area contributed by atoms with Crippen LogP contribution in [-0.2, 0) is 14.3 Å². The molecule has 0 radical (unpaired) electrons. The number of amides is 1. The van der Waals surface area contributed by atoms with Crippen LogP contribution in [-0.4, -0.2) is 37.7 Å². The number of esters is 1. The maximum absolute atomic E-state index is 12.1. The largest absolute Gasteiger partial charge is 0.497 e. The van der Waals surface area contributed by atoms with Gasteiger partial charge in [-0.15, -0.1) is 11.3 Å². The zero-order chi connectivity index (χ0) is 19.9. The van der Waals surface area contributed by atoms with Crippen LogP contribution in [0.3, 0.4) is 0 Å². The van der Waals surface area contributed by atoms with E-state index in [0.717, 1.165) is 10.2 Å². The lowest BCUT2D eigenvalue weighted by Crippen LogP contribution is -2.20. The number of thiazole rings is 1. The zero-order valence-electron chi connectivity index (χ0n) is 15.3. The Balaban J connectivity index is 1.54. The average molecular weight is 398 g/mol. The van der Waals surface area contributed by atoms with E-state index in [1.54, 1.807) is 24.3 Å². The highest BCUT2D eigenvalue weighted by Crippen LogP contribution is 2.28. The Kier molecular flexibility index (Phi) is 6.23. The second-order valence-corrected chi connectivity index (χ2v) is 6.64. The maximum Gasteiger partial charge on any atom is 0.331 e. The van der Waals surface area contributed by atoms with E-state index >= 15 is 0 Å². The number of ether oxygens (including phenoxy) is 3. The van der Waals surface area contributed by atoms with E-state index in [1.165, 1.54) is 31.6 Å². The van der Waals surface area contributed by atoms with E-state index in [9.17, 15) is 9.59 Å². The lowest BCUT2D eigenvalue weighted by atomic mass is 10.2. The summed E-state index contributed by atoms with van der Waals surface area (Å²) in [6.45, 7) is -0.427. The van der Waals surface area contributed by atoms with Gasteiger partial charge in [0, 0.05) is 12.1 Å². The minimum atomic E-state index is -0.632. The van der Waals surface area contributed by atoms with E-state index in [4.69, 9.17) is 14.2 Å². The third-order valence-corrected chi connectivity index (χ3v) is 4.70. The Morgan fingerprint density at radius 1 is 1.14 bits per heavy atom. The first-order valence-corrected chi connectivity index (χ1v) is 9.13. The molecule has 3 aromatic rings. The topological polar surface area (TPSA) is 86.8 Å². The van der Waals surface area contributed by atoms with E-state index < -0.39 is 18.5 Å². The quantitative estimate of drug-likeness (QED) is 0.484. The van der Waals surface area contributed by atoms with Gasteiger partial charge in [0.25, 0.3) is 5.91 Å². The molecule has 1 amide bonds. The summed E-state index contributed by atoms with van der Waals surface area (Å²) in [5.41, 5.74) is 1.29. The summed E-state index contributed by atoms with van der Waals surface area (Å²) in [5, 5.41) is 3.31. The van der Waals surface area contributed by atoms with Gasteiger partial charge >= 0.3 is 5.97 Å². The molecule has 7 nitrogen and oxygen atoms in total. The first-order valence-electron chi connectivity index (χ1n) is 8.31. The fourth-order valence-corrected chi connectivity index (χ4v) is 3.25. The Bertz CT molecular complexity index is 995. The van der Waals surface area contributed by atoms with Gasteiger partial charge in [0.05, 0.1) is 30.1 Å². The molecule has 0 unspecified atom stereocenters. The van der Waals surface area contributed by atoms with E-state index in [0.29, 0.717) is 22.2 Å². The molecule has 0 spiro atoms. The summed E-state index contributed by atoms with van der Waals surface area (Å²) in [4.78, 5) is 28.3. The van der Waals surface area contributed by atoms with E-state index in [1.807, 2.05) is 24.3 Å². The Hall–Kier alpha value is -3.39. The van der Waals surface area contributed by atoms with Gasteiger partial charge in [-0.3, -0.25) is 4.79 Å². The molecule has 0 atom stereocenters. The second-order valence-electron chi connectivity index (χ2n) is 5.58. The number of nitrogens with one attached hydrogen (secondary N) is 1. The predicted molar refractivity (Wildman–Crippen MR) is 108 cm³/mol. The maximum atomic E-state index is 12.1. The fourth-order valence-electron chi connectivity index (χ4n) is 2.38. The van der Waals surface area contributed by atoms with Crippen molar-refractivity contribution >= 4 is 45.2 Å². The molecule has 8 heteroatoms. The number of rotatable bonds is 7. The number of aromatic nitrogens is 1. The highest BCUT2D eigenvalue weighted by atomic mass is 32.1. The molecule has 0 aliphatic rings. The van der Waals surface area contributed by atoms with Crippen LogP contribution in [0, 0.1) is 0 Å². The number of nitrogens with zero attached hydrogens (tertiary/aromatic N) is 1. The molecule has 1 N–H and O–H groups in total. The van der Waals surface area contributed by atoms with Crippen molar-refractivity contribution in [2.75, 3.05) is 26.1 Å². The average Bonchev–Trinajstić information content (AvgIpc) is 3.13. The van der Waals surface area contributed by atoms with E-state index in [-0.39, 0.29) is 0 Å². The van der Waals surface area contributed by atoms with Crippen molar-refractivity contribution in [1.29, 1.82) is 0 Å². The lowest BCUT2D eigenvalue weighted by Gasteiger charge is -2.11. The number of carbonyl (C=O) groups is 2. The van der Waals surface area contributed by atoms with Crippen LogP contribution in [0.15, 0.2) is 48.5 Å². The third kappa shape index (κ3) is 4.86. The lowest BCUT2D eigenvalue weighted by molar-refractivity contribution is -0.142. The number of para-hydroxylation sites is 1. The fraction of sp³-hybridized carbons (Fsp3) is 0.150. The molecule has 1 aromatic heterocycles. The van der Waals surface area contributed by atoms with Gasteiger partial charge < -0.3 is 19.5 Å². The molecular weight excluding hydrogens is 380 g/mol. The molecule has 28 heavy (non-hydrogen) atoms. The van der Waals surface area contributed by atoms with Gasteiger partial charge in [-0.2, -0.15) is 0 Å². The van der Waals surface area contributed by atoms with Gasteiger partial charge in [-0.05, 0) is 30.3 Å². The summed E-state index contributed by atoms with van der Waals surface area (Å²) in [6, 6.07) is 12.7. The SMILES string of the molecule is COc1ccc(OC)c(NC(=O)COC(=O)/C=C/c2nc3ccccc3s2)c1. The van der Waals surface area contributed by atoms with Crippen molar-refractivity contribution in [1.82, 2.24) is 4.98 Å². The summed E-state index contributed by atoms with van der Waals surface area (Å²) in [7, 11) is 3.01. The van der Waals surface area contributed by atoms with Crippen molar-refractivity contribution in [2.24, 2.45) is 0 Å². The molecule has 2 aromatic carbocycles. The number of methoxy groups -OCH3 is 2. The molecule has 0 bridgehead atoms. The highest BCUT2D eigenvalue weighted by molar-refractivity contribution is 7.19. The zero-order valence-corrected chi connectivity index (χ0v) is 16.1. The molecule has 144 valence electrons. The number of fused-ring (bicyclic) bond motifs is 1. The van der Waals surface area contributed by atoms with Gasteiger partial charge in [-0.1, -0.05) is 12.1 Å². The molecule has 0 saturated heterocycles. The van der Waals surface area contributed by atoms with Crippen LogP contribution >= 0.6 is 11.3 Å². The van der Waals surface area contributed by atoms with Crippen LogP contribution < -0.4 is 14.8 Å². The summed E-state index contributed by atoms with van der Waals surface area (Å²) in [5.74, 6) is -0.0941. The minimum Gasteiger partial charge on any atom is -0.497 e. The van der Waals surface area contributed by atoms with Crippen molar-refractivity contribution in [3.63, 3.8) is 0 Å². The van der Waals surface area contributed by atoms with Gasteiger partial charge in [0.1, 0.15) is 16.5 Å². The van der Waals surface area contributed by atoms with Crippen LogP contribution in [0.1, 0.15) is 5.01 Å². The van der Waals surface area contributed by atoms with Crippen LogP contribution in [0.5, 0.6) is 11.5 Å². The number of carbonyl (C=O) groups excluding carboxylic acids is 2. The molecule has 0 aliphatic carbocycles. The summed E-state index contributed by atoms with van der Waals surface area (Å²) < 4.78 is 16.3. The van der Waals surface area contributed by atoms with Crippen LogP contribution in [0.4, 0.5) is 5.69 Å². The third-order valence-electron chi connectivity index (χ3n) is 3.70. The number of hydrogen-bond donors (Lipinski definition) is 1.